The number of piperidine rings is 1. The minimum absolute atomic E-state index is 0.0216. The van der Waals surface area contributed by atoms with Gasteiger partial charge < -0.3 is 14.5 Å². The molecule has 0 aromatic carbocycles. The Morgan fingerprint density at radius 3 is 2.58 bits per heavy atom. The van der Waals surface area contributed by atoms with E-state index in [-0.39, 0.29) is 11.8 Å². The lowest BCUT2D eigenvalue weighted by molar-refractivity contribution is -0.141. The van der Waals surface area contributed by atoms with Crippen molar-refractivity contribution in [2.45, 2.75) is 37.9 Å². The Hall–Kier alpha value is -1.83. The highest BCUT2D eigenvalue weighted by molar-refractivity contribution is 5.78. The van der Waals surface area contributed by atoms with Crippen LogP contribution in [-0.4, -0.2) is 60.0 Å². The summed E-state index contributed by atoms with van der Waals surface area (Å²) in [6.07, 6.45) is -1.04. The number of carbonyl (C=O) groups is 1. The van der Waals surface area contributed by atoms with Crippen molar-refractivity contribution in [1.29, 1.82) is 0 Å². The van der Waals surface area contributed by atoms with Gasteiger partial charge in [-0.2, -0.15) is 13.2 Å². The fourth-order valence-electron chi connectivity index (χ4n) is 3.57. The average Bonchev–Trinajstić information content (AvgIpc) is 2.93. The van der Waals surface area contributed by atoms with Gasteiger partial charge >= 0.3 is 6.18 Å². The summed E-state index contributed by atoms with van der Waals surface area (Å²) in [6.45, 7) is 3.11. The number of likely N-dealkylation sites (tertiary alicyclic amines) is 2. The van der Waals surface area contributed by atoms with Crippen molar-refractivity contribution in [3.63, 3.8) is 0 Å². The van der Waals surface area contributed by atoms with E-state index in [1.165, 1.54) is 12.1 Å². The van der Waals surface area contributed by atoms with Crippen LogP contribution in [0.4, 0.5) is 13.2 Å². The molecule has 0 radical (unpaired) electrons. The molecule has 144 valence electrons. The number of amides is 1. The molecule has 0 N–H and O–H groups in total. The Bertz CT molecular complexity index is 630. The van der Waals surface area contributed by atoms with Crippen LogP contribution < -0.4 is 4.74 Å². The smallest absolute Gasteiger partial charge is 0.433 e. The van der Waals surface area contributed by atoms with Gasteiger partial charge in [-0.3, -0.25) is 4.79 Å². The summed E-state index contributed by atoms with van der Waals surface area (Å²) < 4.78 is 43.5. The van der Waals surface area contributed by atoms with Crippen molar-refractivity contribution in [1.82, 2.24) is 14.8 Å². The van der Waals surface area contributed by atoms with Gasteiger partial charge in [-0.05, 0) is 44.3 Å². The second-order valence-corrected chi connectivity index (χ2v) is 7.11. The molecular weight excluding hydrogens is 347 g/mol. The number of carbonyl (C=O) groups excluding carboxylic acids is 1. The highest BCUT2D eigenvalue weighted by Gasteiger charge is 2.33. The lowest BCUT2D eigenvalue weighted by atomic mass is 9.97. The summed E-state index contributed by atoms with van der Waals surface area (Å²) in [7, 11) is 1.86. The SMILES string of the molecule is CN1C(=O)CCC1CN1CCC(COc2cccc(C(F)(F)F)n2)CC1. The van der Waals surface area contributed by atoms with Crippen LogP contribution in [0.1, 0.15) is 31.4 Å². The van der Waals surface area contributed by atoms with E-state index >= 15 is 0 Å². The number of nitrogens with zero attached hydrogens (tertiary/aromatic N) is 3. The van der Waals surface area contributed by atoms with Crippen LogP contribution in [0.2, 0.25) is 0 Å². The van der Waals surface area contributed by atoms with Crippen LogP contribution in [0.15, 0.2) is 18.2 Å². The van der Waals surface area contributed by atoms with Gasteiger partial charge in [0.15, 0.2) is 0 Å². The van der Waals surface area contributed by atoms with Crippen molar-refractivity contribution in [3.8, 4) is 5.88 Å². The molecule has 5 nitrogen and oxygen atoms in total. The summed E-state index contributed by atoms with van der Waals surface area (Å²) >= 11 is 0. The molecular formula is C18H24F3N3O2. The first kappa shape index (κ1) is 18.9. The molecule has 1 amide bonds. The molecule has 1 aromatic heterocycles. The molecule has 1 unspecified atom stereocenters. The zero-order valence-corrected chi connectivity index (χ0v) is 14.8. The standard InChI is InChI=1S/C18H24F3N3O2/c1-23-14(5-6-17(23)25)11-24-9-7-13(8-10-24)12-26-16-4-2-3-15(22-16)18(19,20)21/h2-4,13-14H,5-12H2,1H3. The molecule has 26 heavy (non-hydrogen) atoms. The van der Waals surface area contributed by atoms with Crippen molar-refractivity contribution >= 4 is 5.91 Å². The number of likely N-dealkylation sites (N-methyl/N-ethyl adjacent to an activating group) is 1. The molecule has 1 aromatic rings. The van der Waals surface area contributed by atoms with E-state index in [1.807, 2.05) is 11.9 Å². The van der Waals surface area contributed by atoms with E-state index in [2.05, 4.69) is 9.88 Å². The lowest BCUT2D eigenvalue weighted by Crippen LogP contribution is -2.43. The Morgan fingerprint density at radius 2 is 1.96 bits per heavy atom. The number of hydrogen-bond acceptors (Lipinski definition) is 4. The van der Waals surface area contributed by atoms with Gasteiger partial charge in [0.05, 0.1) is 6.61 Å². The Balaban J connectivity index is 1.43. The minimum atomic E-state index is -4.46. The topological polar surface area (TPSA) is 45.7 Å². The predicted molar refractivity (Wildman–Crippen MR) is 89.7 cm³/mol. The molecule has 3 heterocycles. The van der Waals surface area contributed by atoms with Crippen LogP contribution in [0.3, 0.4) is 0 Å². The van der Waals surface area contributed by atoms with Gasteiger partial charge in [-0.15, -0.1) is 0 Å². The second-order valence-electron chi connectivity index (χ2n) is 7.11. The largest absolute Gasteiger partial charge is 0.477 e. The normalized spacial score (nSPS) is 22.8. The zero-order valence-electron chi connectivity index (χ0n) is 14.8. The maximum absolute atomic E-state index is 12.7. The number of aromatic nitrogens is 1. The van der Waals surface area contributed by atoms with Gasteiger partial charge in [-0.25, -0.2) is 4.98 Å². The summed E-state index contributed by atoms with van der Waals surface area (Å²) in [6, 6.07) is 4.00. The van der Waals surface area contributed by atoms with Gasteiger partial charge in [0.1, 0.15) is 5.69 Å². The van der Waals surface area contributed by atoms with Gasteiger partial charge in [0, 0.05) is 32.1 Å². The Labute approximate surface area is 151 Å². The van der Waals surface area contributed by atoms with Gasteiger partial charge in [0.25, 0.3) is 0 Å². The number of hydrogen-bond donors (Lipinski definition) is 0. The minimum Gasteiger partial charge on any atom is -0.477 e. The van der Waals surface area contributed by atoms with Crippen LogP contribution in [0.5, 0.6) is 5.88 Å². The monoisotopic (exact) mass is 371 g/mol. The fraction of sp³-hybridized carbons (Fsp3) is 0.667. The molecule has 2 saturated heterocycles. The quantitative estimate of drug-likeness (QED) is 0.799. The van der Waals surface area contributed by atoms with Crippen LogP contribution in [0, 0.1) is 5.92 Å². The zero-order chi connectivity index (χ0) is 18.7. The summed E-state index contributed by atoms with van der Waals surface area (Å²) in [5.41, 5.74) is -0.931. The predicted octanol–water partition coefficient (Wildman–Crippen LogP) is 2.81. The number of pyridine rings is 1. The molecule has 0 saturated carbocycles. The molecule has 3 rings (SSSR count). The first-order valence-electron chi connectivity index (χ1n) is 8.98. The highest BCUT2D eigenvalue weighted by atomic mass is 19.4. The third kappa shape index (κ3) is 4.66. The number of alkyl halides is 3. The van der Waals surface area contributed by atoms with E-state index in [1.54, 1.807) is 0 Å². The average molecular weight is 371 g/mol. The van der Waals surface area contributed by atoms with Crippen molar-refractivity contribution in [2.75, 3.05) is 33.3 Å². The number of halogens is 3. The van der Waals surface area contributed by atoms with Gasteiger partial charge in [-0.1, -0.05) is 6.07 Å². The van der Waals surface area contributed by atoms with Gasteiger partial charge in [0.2, 0.25) is 11.8 Å². The third-order valence-corrected chi connectivity index (χ3v) is 5.29. The molecule has 2 fully saturated rings. The van der Waals surface area contributed by atoms with E-state index in [0.29, 0.717) is 25.0 Å². The van der Waals surface area contributed by atoms with Crippen molar-refractivity contribution in [3.05, 3.63) is 23.9 Å². The van der Waals surface area contributed by atoms with Crippen LogP contribution in [-0.2, 0) is 11.0 Å². The maximum Gasteiger partial charge on any atom is 0.433 e. The molecule has 2 aliphatic rings. The maximum atomic E-state index is 12.7. The van der Waals surface area contributed by atoms with Crippen molar-refractivity contribution < 1.29 is 22.7 Å². The molecule has 8 heteroatoms. The first-order valence-corrected chi connectivity index (χ1v) is 8.98. The summed E-state index contributed by atoms with van der Waals surface area (Å²) in [5, 5.41) is 0. The Kier molecular flexibility index (Phi) is 5.70. The molecule has 2 aliphatic heterocycles. The van der Waals surface area contributed by atoms with E-state index in [4.69, 9.17) is 4.74 Å². The second kappa shape index (κ2) is 7.82. The fourth-order valence-corrected chi connectivity index (χ4v) is 3.57. The third-order valence-electron chi connectivity index (χ3n) is 5.29. The lowest BCUT2D eigenvalue weighted by Gasteiger charge is -2.34. The number of rotatable bonds is 5. The Morgan fingerprint density at radius 1 is 1.23 bits per heavy atom. The van der Waals surface area contributed by atoms with E-state index in [9.17, 15) is 18.0 Å². The number of ether oxygens (including phenoxy) is 1. The summed E-state index contributed by atoms with van der Waals surface area (Å²) in [4.78, 5) is 19.3. The van der Waals surface area contributed by atoms with Crippen molar-refractivity contribution in [2.24, 2.45) is 5.92 Å². The first-order chi connectivity index (χ1) is 12.3. The molecule has 0 aliphatic carbocycles. The molecule has 0 bridgehead atoms. The summed E-state index contributed by atoms with van der Waals surface area (Å²) in [5.74, 6) is 0.547. The molecule has 0 spiro atoms. The van der Waals surface area contributed by atoms with E-state index < -0.39 is 11.9 Å². The highest BCUT2D eigenvalue weighted by Crippen LogP contribution is 2.29. The molecule has 1 atom stereocenters. The van der Waals surface area contributed by atoms with Crippen LogP contribution in [0.25, 0.3) is 0 Å². The van der Waals surface area contributed by atoms with E-state index in [0.717, 1.165) is 45.0 Å². The van der Waals surface area contributed by atoms with Crippen LogP contribution >= 0.6 is 0 Å².